The molecular formula is C17H19FN2. The number of nitrogens with two attached hydrogens (primary N) is 1. The summed E-state index contributed by atoms with van der Waals surface area (Å²) in [4.78, 5) is 2.22. The van der Waals surface area contributed by atoms with Gasteiger partial charge in [0.25, 0.3) is 0 Å². The number of hydrogen-bond donors (Lipinski definition) is 1. The van der Waals surface area contributed by atoms with Gasteiger partial charge in [0.1, 0.15) is 5.82 Å². The van der Waals surface area contributed by atoms with Crippen molar-refractivity contribution in [3.8, 4) is 0 Å². The van der Waals surface area contributed by atoms with Crippen molar-refractivity contribution in [2.75, 3.05) is 4.90 Å². The summed E-state index contributed by atoms with van der Waals surface area (Å²) in [6.45, 7) is 2.42. The second-order valence-corrected chi connectivity index (χ2v) is 5.37. The molecule has 0 saturated carbocycles. The molecule has 1 aliphatic rings. The molecule has 0 aliphatic carbocycles. The largest absolute Gasteiger partial charge is 0.338 e. The number of aryl methyl sites for hydroxylation is 1. The summed E-state index contributed by atoms with van der Waals surface area (Å²) >= 11 is 0. The molecule has 1 atom stereocenters. The van der Waals surface area contributed by atoms with E-state index in [4.69, 9.17) is 5.73 Å². The van der Waals surface area contributed by atoms with Crippen LogP contribution in [0.3, 0.4) is 0 Å². The van der Waals surface area contributed by atoms with Crippen LogP contribution in [0.1, 0.15) is 24.5 Å². The number of rotatable bonds is 2. The van der Waals surface area contributed by atoms with Crippen LogP contribution < -0.4 is 10.6 Å². The Morgan fingerprint density at radius 2 is 2.05 bits per heavy atom. The molecular weight excluding hydrogens is 251 g/mol. The van der Waals surface area contributed by atoms with Gasteiger partial charge in [-0.2, -0.15) is 0 Å². The number of anilines is 2. The standard InChI is InChI=1S/C17H19FN2/c1-12-6-7-13-4-2-3-5-17(13)20(12)15-9-8-14(11-19)16(18)10-15/h2-5,8-10,12H,6-7,11,19H2,1H3. The highest BCUT2D eigenvalue weighted by molar-refractivity contribution is 5.69. The normalized spacial score (nSPS) is 17.9. The van der Waals surface area contributed by atoms with Crippen molar-refractivity contribution in [2.24, 2.45) is 5.73 Å². The van der Waals surface area contributed by atoms with E-state index in [-0.39, 0.29) is 12.4 Å². The van der Waals surface area contributed by atoms with Gasteiger partial charge in [-0.05, 0) is 43.5 Å². The summed E-state index contributed by atoms with van der Waals surface area (Å²) in [5.74, 6) is -0.222. The van der Waals surface area contributed by atoms with Crippen LogP contribution in [0, 0.1) is 5.82 Å². The first-order valence-corrected chi connectivity index (χ1v) is 7.06. The molecule has 2 nitrogen and oxygen atoms in total. The fourth-order valence-electron chi connectivity index (χ4n) is 2.93. The fraction of sp³-hybridized carbons (Fsp3) is 0.294. The maximum atomic E-state index is 14.0. The summed E-state index contributed by atoms with van der Waals surface area (Å²) < 4.78 is 14.0. The van der Waals surface area contributed by atoms with E-state index >= 15 is 0 Å². The minimum Gasteiger partial charge on any atom is -0.338 e. The van der Waals surface area contributed by atoms with Crippen molar-refractivity contribution >= 4 is 11.4 Å². The highest BCUT2D eigenvalue weighted by atomic mass is 19.1. The van der Waals surface area contributed by atoms with E-state index in [2.05, 4.69) is 30.0 Å². The summed E-state index contributed by atoms with van der Waals surface area (Å²) in [6.07, 6.45) is 2.16. The van der Waals surface area contributed by atoms with Crippen molar-refractivity contribution in [1.82, 2.24) is 0 Å². The number of nitrogens with zero attached hydrogens (tertiary/aromatic N) is 1. The average Bonchev–Trinajstić information content (AvgIpc) is 2.47. The van der Waals surface area contributed by atoms with Crippen LogP contribution in [0.5, 0.6) is 0 Å². The molecule has 2 aromatic rings. The molecule has 3 heteroatoms. The van der Waals surface area contributed by atoms with Crippen LogP contribution in [-0.4, -0.2) is 6.04 Å². The topological polar surface area (TPSA) is 29.3 Å². The van der Waals surface area contributed by atoms with Crippen LogP contribution in [0.15, 0.2) is 42.5 Å². The van der Waals surface area contributed by atoms with Gasteiger partial charge < -0.3 is 10.6 Å². The first-order chi connectivity index (χ1) is 9.70. The fourth-order valence-corrected chi connectivity index (χ4v) is 2.93. The molecule has 2 aromatic carbocycles. The third kappa shape index (κ3) is 2.18. The predicted molar refractivity (Wildman–Crippen MR) is 80.7 cm³/mol. The summed E-state index contributed by atoms with van der Waals surface area (Å²) in [6, 6.07) is 14.1. The molecule has 0 saturated heterocycles. The quantitative estimate of drug-likeness (QED) is 0.900. The number of benzene rings is 2. The molecule has 20 heavy (non-hydrogen) atoms. The zero-order valence-corrected chi connectivity index (χ0v) is 11.6. The van der Waals surface area contributed by atoms with Crippen molar-refractivity contribution in [1.29, 1.82) is 0 Å². The van der Waals surface area contributed by atoms with Gasteiger partial charge in [-0.1, -0.05) is 24.3 Å². The Morgan fingerprint density at radius 1 is 1.25 bits per heavy atom. The zero-order chi connectivity index (χ0) is 14.1. The molecule has 0 fully saturated rings. The zero-order valence-electron chi connectivity index (χ0n) is 11.6. The summed E-state index contributed by atoms with van der Waals surface area (Å²) in [5, 5.41) is 0. The Balaban J connectivity index is 2.07. The predicted octanol–water partition coefficient (Wildman–Crippen LogP) is 3.76. The van der Waals surface area contributed by atoms with Crippen molar-refractivity contribution in [2.45, 2.75) is 32.4 Å². The molecule has 0 radical (unpaired) electrons. The molecule has 104 valence electrons. The Bertz CT molecular complexity index is 624. The molecule has 0 spiro atoms. The van der Waals surface area contributed by atoms with Gasteiger partial charge in [0, 0.05) is 29.5 Å². The van der Waals surface area contributed by atoms with Gasteiger partial charge in [0.2, 0.25) is 0 Å². The summed E-state index contributed by atoms with van der Waals surface area (Å²) in [7, 11) is 0. The van der Waals surface area contributed by atoms with Crippen molar-refractivity contribution in [3.05, 3.63) is 59.4 Å². The third-order valence-electron chi connectivity index (χ3n) is 4.06. The molecule has 1 heterocycles. The lowest BCUT2D eigenvalue weighted by Gasteiger charge is -2.37. The van der Waals surface area contributed by atoms with E-state index in [9.17, 15) is 4.39 Å². The molecule has 0 amide bonds. The second-order valence-electron chi connectivity index (χ2n) is 5.37. The molecule has 0 bridgehead atoms. The molecule has 1 unspecified atom stereocenters. The average molecular weight is 270 g/mol. The number of halogens is 1. The molecule has 0 aromatic heterocycles. The molecule has 2 N–H and O–H groups in total. The SMILES string of the molecule is CC1CCc2ccccc2N1c1ccc(CN)c(F)c1. The number of para-hydroxylation sites is 1. The Labute approximate surface area is 119 Å². The summed E-state index contributed by atoms with van der Waals surface area (Å²) in [5.41, 5.74) is 9.51. The highest BCUT2D eigenvalue weighted by Crippen LogP contribution is 2.37. The van der Waals surface area contributed by atoms with Gasteiger partial charge in [0.05, 0.1) is 0 Å². The van der Waals surface area contributed by atoms with Gasteiger partial charge >= 0.3 is 0 Å². The Kier molecular flexibility index (Phi) is 3.45. The van der Waals surface area contributed by atoms with Crippen molar-refractivity contribution < 1.29 is 4.39 Å². The second kappa shape index (κ2) is 5.25. The Hall–Kier alpha value is -1.87. The van der Waals surface area contributed by atoms with E-state index in [0.29, 0.717) is 11.6 Å². The van der Waals surface area contributed by atoms with Gasteiger partial charge in [0.15, 0.2) is 0 Å². The van der Waals surface area contributed by atoms with Crippen LogP contribution in [0.4, 0.5) is 15.8 Å². The van der Waals surface area contributed by atoms with E-state index in [0.717, 1.165) is 18.5 Å². The van der Waals surface area contributed by atoms with Gasteiger partial charge in [-0.3, -0.25) is 0 Å². The smallest absolute Gasteiger partial charge is 0.129 e. The minimum absolute atomic E-state index is 0.222. The lowest BCUT2D eigenvalue weighted by molar-refractivity contribution is 0.599. The highest BCUT2D eigenvalue weighted by Gasteiger charge is 2.24. The van der Waals surface area contributed by atoms with Crippen molar-refractivity contribution in [3.63, 3.8) is 0 Å². The van der Waals surface area contributed by atoms with Crippen LogP contribution >= 0.6 is 0 Å². The maximum absolute atomic E-state index is 14.0. The van der Waals surface area contributed by atoms with Crippen LogP contribution in [0.2, 0.25) is 0 Å². The Morgan fingerprint density at radius 3 is 2.80 bits per heavy atom. The molecule has 3 rings (SSSR count). The van der Waals surface area contributed by atoms with Gasteiger partial charge in [-0.15, -0.1) is 0 Å². The van der Waals surface area contributed by atoms with Gasteiger partial charge in [-0.25, -0.2) is 4.39 Å². The van der Waals surface area contributed by atoms with E-state index in [1.54, 1.807) is 12.1 Å². The maximum Gasteiger partial charge on any atom is 0.129 e. The lowest BCUT2D eigenvalue weighted by Crippen LogP contribution is -2.33. The molecule has 1 aliphatic heterocycles. The van der Waals surface area contributed by atoms with Crippen LogP contribution in [0.25, 0.3) is 0 Å². The number of fused-ring (bicyclic) bond motifs is 1. The minimum atomic E-state index is -0.222. The van der Waals surface area contributed by atoms with E-state index in [1.807, 2.05) is 12.1 Å². The van der Waals surface area contributed by atoms with Crippen LogP contribution in [-0.2, 0) is 13.0 Å². The first-order valence-electron chi connectivity index (χ1n) is 7.06. The first kappa shape index (κ1) is 13.1. The number of hydrogen-bond acceptors (Lipinski definition) is 2. The lowest BCUT2D eigenvalue weighted by atomic mass is 9.96. The van der Waals surface area contributed by atoms with E-state index < -0.39 is 0 Å². The van der Waals surface area contributed by atoms with E-state index in [1.165, 1.54) is 11.3 Å². The third-order valence-corrected chi connectivity index (χ3v) is 4.06. The monoisotopic (exact) mass is 270 g/mol.